The second kappa shape index (κ2) is 7.04. The molecule has 2 aromatic rings. The molecule has 0 bridgehead atoms. The average Bonchev–Trinajstić information content (AvgIpc) is 2.83. The van der Waals surface area contributed by atoms with Crippen LogP contribution >= 0.6 is 0 Å². The van der Waals surface area contributed by atoms with Crippen LogP contribution in [0.25, 0.3) is 5.69 Å². The van der Waals surface area contributed by atoms with Crippen molar-refractivity contribution in [1.82, 2.24) is 15.1 Å². The number of aliphatic carboxylic acids is 1. The van der Waals surface area contributed by atoms with E-state index < -0.39 is 23.2 Å². The van der Waals surface area contributed by atoms with Gasteiger partial charge >= 0.3 is 5.97 Å². The number of carbonyl (C=O) groups is 2. The van der Waals surface area contributed by atoms with E-state index in [1.807, 2.05) is 19.9 Å². The van der Waals surface area contributed by atoms with Crippen molar-refractivity contribution in [3.05, 3.63) is 47.0 Å². The molecule has 0 aliphatic carbocycles. The molecule has 1 aromatic carbocycles. The van der Waals surface area contributed by atoms with Crippen molar-refractivity contribution in [1.29, 1.82) is 0 Å². The highest BCUT2D eigenvalue weighted by Crippen LogP contribution is 2.19. The first kappa shape index (κ1) is 18.6. The fraction of sp³-hybridized carbons (Fsp3) is 0.389. The molecule has 0 unspecified atom stereocenters. The van der Waals surface area contributed by atoms with Gasteiger partial charge in [-0.15, -0.1) is 0 Å². The third-order valence-electron chi connectivity index (χ3n) is 3.86. The minimum Gasteiger partial charge on any atom is -0.481 e. The molecule has 0 radical (unpaired) electrons. The Bertz CT molecular complexity index is 812. The number of carboxylic acids is 1. The van der Waals surface area contributed by atoms with Crippen LogP contribution in [0.5, 0.6) is 0 Å². The second-order valence-corrected chi connectivity index (χ2v) is 6.74. The zero-order chi connectivity index (χ0) is 18.8. The maximum atomic E-state index is 14.5. The fourth-order valence-electron chi connectivity index (χ4n) is 2.55. The molecular formula is C18H22FN3O3. The first-order valence-corrected chi connectivity index (χ1v) is 7.96. The van der Waals surface area contributed by atoms with E-state index in [0.717, 1.165) is 17.5 Å². The Kier molecular flexibility index (Phi) is 5.25. The van der Waals surface area contributed by atoms with E-state index in [-0.39, 0.29) is 24.1 Å². The van der Waals surface area contributed by atoms with Crippen molar-refractivity contribution in [3.8, 4) is 5.69 Å². The second-order valence-electron chi connectivity index (χ2n) is 6.74. The van der Waals surface area contributed by atoms with Crippen molar-refractivity contribution >= 4 is 11.9 Å². The third kappa shape index (κ3) is 4.65. The Balaban J connectivity index is 2.18. The third-order valence-corrected chi connectivity index (χ3v) is 3.86. The number of amides is 1. The van der Waals surface area contributed by atoms with Crippen LogP contribution in [0.4, 0.5) is 4.39 Å². The topological polar surface area (TPSA) is 84.2 Å². The van der Waals surface area contributed by atoms with Gasteiger partial charge in [-0.25, -0.2) is 9.07 Å². The molecule has 1 aromatic heterocycles. The van der Waals surface area contributed by atoms with Crippen molar-refractivity contribution in [2.75, 3.05) is 0 Å². The lowest BCUT2D eigenvalue weighted by Crippen LogP contribution is -2.43. The van der Waals surface area contributed by atoms with Gasteiger partial charge in [-0.2, -0.15) is 5.10 Å². The van der Waals surface area contributed by atoms with Crippen LogP contribution in [0.3, 0.4) is 0 Å². The summed E-state index contributed by atoms with van der Waals surface area (Å²) in [7, 11) is 0. The molecule has 0 saturated carbocycles. The predicted octanol–water partition coefficient (Wildman–Crippen LogP) is 3.00. The molecule has 1 amide bonds. The molecule has 0 aliphatic rings. The number of rotatable bonds is 6. The summed E-state index contributed by atoms with van der Waals surface area (Å²) < 4.78 is 15.9. The zero-order valence-electron chi connectivity index (χ0n) is 14.8. The number of hydrogen-bond acceptors (Lipinski definition) is 3. The van der Waals surface area contributed by atoms with E-state index in [9.17, 15) is 14.0 Å². The highest BCUT2D eigenvalue weighted by molar-refractivity contribution is 5.94. The lowest BCUT2D eigenvalue weighted by atomic mass is 9.97. The molecule has 0 fully saturated rings. The molecule has 0 saturated heterocycles. The van der Waals surface area contributed by atoms with E-state index in [4.69, 9.17) is 5.11 Å². The van der Waals surface area contributed by atoms with Gasteiger partial charge in [0.1, 0.15) is 11.5 Å². The van der Waals surface area contributed by atoms with Gasteiger partial charge in [-0.05, 0) is 58.4 Å². The first-order valence-electron chi connectivity index (χ1n) is 7.96. The van der Waals surface area contributed by atoms with Crippen molar-refractivity contribution in [2.45, 2.75) is 46.1 Å². The van der Waals surface area contributed by atoms with E-state index in [2.05, 4.69) is 10.4 Å². The molecule has 134 valence electrons. The number of halogens is 1. The number of carbonyl (C=O) groups excluding carboxylic acids is 1. The molecule has 2 N–H and O–H groups in total. The fourth-order valence-corrected chi connectivity index (χ4v) is 2.55. The standard InChI is InChI=1S/C18H22FN3O3/c1-11-9-12(2)22(21-11)15-6-5-13(10-14(15)19)17(25)20-18(3,4)8-7-16(23)24/h5-6,9-10H,7-8H2,1-4H3,(H,20,25)(H,23,24). The molecule has 2 rings (SSSR count). The van der Waals surface area contributed by atoms with Crippen molar-refractivity contribution in [3.63, 3.8) is 0 Å². The van der Waals surface area contributed by atoms with Crippen LogP contribution in [-0.2, 0) is 4.79 Å². The smallest absolute Gasteiger partial charge is 0.303 e. The summed E-state index contributed by atoms with van der Waals surface area (Å²) in [6, 6.07) is 6.03. The van der Waals surface area contributed by atoms with Crippen LogP contribution in [0, 0.1) is 19.7 Å². The van der Waals surface area contributed by atoms with Crippen LogP contribution in [0.2, 0.25) is 0 Å². The Morgan fingerprint density at radius 2 is 1.96 bits per heavy atom. The molecule has 25 heavy (non-hydrogen) atoms. The predicted molar refractivity (Wildman–Crippen MR) is 91.4 cm³/mol. The Hall–Kier alpha value is -2.70. The van der Waals surface area contributed by atoms with E-state index >= 15 is 0 Å². The summed E-state index contributed by atoms with van der Waals surface area (Å²) in [6.07, 6.45) is 0.221. The molecule has 0 spiro atoms. The number of aromatic nitrogens is 2. The largest absolute Gasteiger partial charge is 0.481 e. The minimum atomic E-state index is -0.928. The van der Waals surface area contributed by atoms with Crippen molar-refractivity contribution in [2.24, 2.45) is 0 Å². The lowest BCUT2D eigenvalue weighted by molar-refractivity contribution is -0.137. The van der Waals surface area contributed by atoms with Crippen LogP contribution < -0.4 is 5.32 Å². The summed E-state index contributed by atoms with van der Waals surface area (Å²) in [5.74, 6) is -1.93. The SMILES string of the molecule is Cc1cc(C)n(-c2ccc(C(=O)NC(C)(C)CCC(=O)O)cc2F)n1. The van der Waals surface area contributed by atoms with Crippen LogP contribution in [-0.4, -0.2) is 32.3 Å². The lowest BCUT2D eigenvalue weighted by Gasteiger charge is -2.25. The van der Waals surface area contributed by atoms with Crippen LogP contribution in [0.15, 0.2) is 24.3 Å². The van der Waals surface area contributed by atoms with Gasteiger partial charge in [0.25, 0.3) is 5.91 Å². The van der Waals surface area contributed by atoms with E-state index in [1.165, 1.54) is 16.8 Å². The van der Waals surface area contributed by atoms with Gasteiger partial charge < -0.3 is 10.4 Å². The maximum absolute atomic E-state index is 14.5. The average molecular weight is 347 g/mol. The summed E-state index contributed by atoms with van der Waals surface area (Å²) in [6.45, 7) is 7.11. The summed E-state index contributed by atoms with van der Waals surface area (Å²) in [5.41, 5.74) is 1.31. The van der Waals surface area contributed by atoms with Crippen LogP contribution in [0.1, 0.15) is 48.4 Å². The highest BCUT2D eigenvalue weighted by Gasteiger charge is 2.23. The Morgan fingerprint density at radius 3 is 2.48 bits per heavy atom. The molecule has 7 heteroatoms. The molecule has 0 aliphatic heterocycles. The van der Waals surface area contributed by atoms with Gasteiger partial charge in [0.15, 0.2) is 0 Å². The number of aryl methyl sites for hydroxylation is 2. The minimum absolute atomic E-state index is 0.0570. The number of carboxylic acid groups (broad SMARTS) is 1. The van der Waals surface area contributed by atoms with Gasteiger partial charge in [0, 0.05) is 23.2 Å². The van der Waals surface area contributed by atoms with E-state index in [0.29, 0.717) is 0 Å². The van der Waals surface area contributed by atoms with Gasteiger partial charge in [-0.3, -0.25) is 9.59 Å². The molecular weight excluding hydrogens is 325 g/mol. The Labute approximate surface area is 145 Å². The number of nitrogens with one attached hydrogen (secondary N) is 1. The maximum Gasteiger partial charge on any atom is 0.303 e. The summed E-state index contributed by atoms with van der Waals surface area (Å²) in [4.78, 5) is 23.0. The van der Waals surface area contributed by atoms with Gasteiger partial charge in [-0.1, -0.05) is 0 Å². The van der Waals surface area contributed by atoms with E-state index in [1.54, 1.807) is 13.8 Å². The number of benzene rings is 1. The van der Waals surface area contributed by atoms with Gasteiger partial charge in [0.2, 0.25) is 0 Å². The highest BCUT2D eigenvalue weighted by atomic mass is 19.1. The summed E-state index contributed by atoms with van der Waals surface area (Å²) in [5, 5.41) is 15.7. The first-order chi connectivity index (χ1) is 11.6. The quantitative estimate of drug-likeness (QED) is 0.841. The number of nitrogens with zero attached hydrogens (tertiary/aromatic N) is 2. The van der Waals surface area contributed by atoms with Gasteiger partial charge in [0.05, 0.1) is 5.69 Å². The summed E-state index contributed by atoms with van der Waals surface area (Å²) >= 11 is 0. The van der Waals surface area contributed by atoms with Crippen molar-refractivity contribution < 1.29 is 19.1 Å². The normalized spacial score (nSPS) is 11.4. The Morgan fingerprint density at radius 1 is 1.28 bits per heavy atom. The number of hydrogen-bond donors (Lipinski definition) is 2. The molecule has 0 atom stereocenters. The monoisotopic (exact) mass is 347 g/mol. The molecule has 1 heterocycles. The molecule has 6 nitrogen and oxygen atoms in total. The zero-order valence-corrected chi connectivity index (χ0v) is 14.8.